The number of hydrogen-bond acceptors (Lipinski definition) is 3. The van der Waals surface area contributed by atoms with Gasteiger partial charge in [-0.3, -0.25) is 0 Å². The van der Waals surface area contributed by atoms with Gasteiger partial charge in [0.15, 0.2) is 5.65 Å². The van der Waals surface area contributed by atoms with Gasteiger partial charge in [-0.1, -0.05) is 0 Å². The number of aromatic nitrogens is 3. The van der Waals surface area contributed by atoms with Crippen molar-refractivity contribution < 1.29 is 4.79 Å². The Bertz CT molecular complexity index is 301. The van der Waals surface area contributed by atoms with E-state index in [1.165, 1.54) is 0 Å². The molecule has 0 N–H and O–H groups in total. The van der Waals surface area contributed by atoms with Gasteiger partial charge in [0.1, 0.15) is 6.79 Å². The molecule has 0 spiro atoms. The van der Waals surface area contributed by atoms with Crippen molar-refractivity contribution in [2.75, 3.05) is 0 Å². The average molecular weight is 149 g/mol. The molecule has 2 rings (SSSR count). The third-order valence-corrected chi connectivity index (χ3v) is 1.17. The lowest BCUT2D eigenvalue weighted by molar-refractivity contribution is -0.0979. The van der Waals surface area contributed by atoms with Crippen LogP contribution in [-0.2, 0) is 4.79 Å². The first-order chi connectivity index (χ1) is 5.47. The topological polar surface area (TPSA) is 47.3 Å². The zero-order valence-electron chi connectivity index (χ0n) is 5.84. The highest BCUT2D eigenvalue weighted by molar-refractivity contribution is 5.34. The summed E-state index contributed by atoms with van der Waals surface area (Å²) >= 11 is 0. The summed E-state index contributed by atoms with van der Waals surface area (Å²) in [5.41, 5.74) is 0.887. The molecular formula is C7H7N3O. The first kappa shape index (κ1) is 7.40. The minimum atomic E-state index is 0.887. The van der Waals surface area contributed by atoms with Gasteiger partial charge in [0, 0.05) is 18.6 Å². The average Bonchev–Trinajstić information content (AvgIpc) is 2.55. The van der Waals surface area contributed by atoms with Crippen LogP contribution in [0.5, 0.6) is 0 Å². The monoisotopic (exact) mass is 149 g/mol. The Morgan fingerprint density at radius 3 is 2.91 bits per heavy atom. The molecule has 2 heterocycles. The lowest BCUT2D eigenvalue weighted by Crippen LogP contribution is -1.85. The normalized spacial score (nSPS) is 8.73. The standard InChI is InChI=1S/C6H5N3.CH2O/c1-2-6-7-4-5-9(6)8-3-1;1-2/h1-5H;1H2. The van der Waals surface area contributed by atoms with E-state index in [-0.39, 0.29) is 0 Å². The van der Waals surface area contributed by atoms with Gasteiger partial charge >= 0.3 is 0 Å². The second-order valence-corrected chi connectivity index (χ2v) is 1.75. The van der Waals surface area contributed by atoms with Crippen LogP contribution in [0, 0.1) is 0 Å². The molecule has 0 aliphatic carbocycles. The third kappa shape index (κ3) is 1.40. The lowest BCUT2D eigenvalue weighted by Gasteiger charge is -1.85. The van der Waals surface area contributed by atoms with Crippen LogP contribution in [0.1, 0.15) is 0 Å². The number of imidazole rings is 1. The summed E-state index contributed by atoms with van der Waals surface area (Å²) < 4.78 is 1.72. The molecule has 2 aromatic rings. The van der Waals surface area contributed by atoms with Gasteiger partial charge in [-0.05, 0) is 12.1 Å². The second kappa shape index (κ2) is 3.46. The molecule has 0 saturated heterocycles. The first-order valence-corrected chi connectivity index (χ1v) is 3.00. The van der Waals surface area contributed by atoms with Crippen molar-refractivity contribution in [1.29, 1.82) is 0 Å². The zero-order chi connectivity index (χ0) is 8.10. The second-order valence-electron chi connectivity index (χ2n) is 1.75. The fourth-order valence-corrected chi connectivity index (χ4v) is 0.765. The maximum Gasteiger partial charge on any atom is 0.153 e. The molecule has 4 nitrogen and oxygen atoms in total. The summed E-state index contributed by atoms with van der Waals surface area (Å²) in [6.07, 6.45) is 5.27. The van der Waals surface area contributed by atoms with E-state index in [4.69, 9.17) is 4.79 Å². The molecule has 0 amide bonds. The van der Waals surface area contributed by atoms with Crippen LogP contribution in [0.2, 0.25) is 0 Å². The van der Waals surface area contributed by atoms with Crippen LogP contribution in [0.3, 0.4) is 0 Å². The largest absolute Gasteiger partial charge is 0.307 e. The van der Waals surface area contributed by atoms with Gasteiger partial charge < -0.3 is 4.79 Å². The van der Waals surface area contributed by atoms with Crippen molar-refractivity contribution in [3.8, 4) is 0 Å². The molecular weight excluding hydrogens is 142 g/mol. The number of carbonyl (C=O) groups is 1. The van der Waals surface area contributed by atoms with Crippen LogP contribution < -0.4 is 0 Å². The number of nitrogens with zero attached hydrogens (tertiary/aromatic N) is 3. The third-order valence-electron chi connectivity index (χ3n) is 1.17. The summed E-state index contributed by atoms with van der Waals surface area (Å²) in [4.78, 5) is 12.0. The molecule has 0 fully saturated rings. The van der Waals surface area contributed by atoms with Crippen LogP contribution in [0.15, 0.2) is 30.7 Å². The van der Waals surface area contributed by atoms with E-state index in [1.54, 1.807) is 16.9 Å². The van der Waals surface area contributed by atoms with Crippen molar-refractivity contribution in [2.24, 2.45) is 0 Å². The number of hydrogen-bond donors (Lipinski definition) is 0. The molecule has 11 heavy (non-hydrogen) atoms. The maximum absolute atomic E-state index is 8.00. The molecule has 0 bridgehead atoms. The lowest BCUT2D eigenvalue weighted by atomic mass is 10.6. The van der Waals surface area contributed by atoms with Gasteiger partial charge in [0.2, 0.25) is 0 Å². The SMILES string of the molecule is C=O.c1cnn2ccnc2c1. The predicted octanol–water partition coefficient (Wildman–Crippen LogP) is 0.544. The van der Waals surface area contributed by atoms with Gasteiger partial charge in [-0.25, -0.2) is 9.50 Å². The van der Waals surface area contributed by atoms with E-state index in [1.807, 2.05) is 25.1 Å². The van der Waals surface area contributed by atoms with Crippen molar-refractivity contribution in [3.05, 3.63) is 30.7 Å². The van der Waals surface area contributed by atoms with Gasteiger partial charge in [-0.15, -0.1) is 0 Å². The van der Waals surface area contributed by atoms with Crippen molar-refractivity contribution >= 4 is 12.4 Å². The minimum absolute atomic E-state index is 0.887. The summed E-state index contributed by atoms with van der Waals surface area (Å²) in [6.45, 7) is 2.00. The molecule has 0 saturated carbocycles. The number of rotatable bonds is 0. The van der Waals surface area contributed by atoms with Gasteiger partial charge in [0.05, 0.1) is 0 Å². The van der Waals surface area contributed by atoms with E-state index < -0.39 is 0 Å². The van der Waals surface area contributed by atoms with Crippen LogP contribution in [0.25, 0.3) is 5.65 Å². The highest BCUT2D eigenvalue weighted by atomic mass is 16.1. The van der Waals surface area contributed by atoms with E-state index in [0.717, 1.165) is 5.65 Å². The molecule has 56 valence electrons. The van der Waals surface area contributed by atoms with Crippen molar-refractivity contribution in [1.82, 2.24) is 14.6 Å². The van der Waals surface area contributed by atoms with Gasteiger partial charge in [0.25, 0.3) is 0 Å². The number of carbonyl (C=O) groups excluding carboxylic acids is 1. The van der Waals surface area contributed by atoms with E-state index in [2.05, 4.69) is 10.1 Å². The molecule has 4 heteroatoms. The molecule has 0 aliphatic heterocycles. The Hall–Kier alpha value is -1.71. The fourth-order valence-electron chi connectivity index (χ4n) is 0.765. The van der Waals surface area contributed by atoms with Crippen LogP contribution in [0.4, 0.5) is 0 Å². The molecule has 0 atom stereocenters. The Morgan fingerprint density at radius 1 is 1.36 bits per heavy atom. The molecule has 2 aromatic heterocycles. The first-order valence-electron chi connectivity index (χ1n) is 3.00. The predicted molar refractivity (Wildman–Crippen MR) is 40.1 cm³/mol. The molecule has 0 aromatic carbocycles. The van der Waals surface area contributed by atoms with Crippen LogP contribution >= 0.6 is 0 Å². The summed E-state index contributed by atoms with van der Waals surface area (Å²) in [6, 6.07) is 3.77. The highest BCUT2D eigenvalue weighted by Gasteiger charge is 1.86. The Morgan fingerprint density at radius 2 is 2.18 bits per heavy atom. The van der Waals surface area contributed by atoms with Crippen molar-refractivity contribution in [3.63, 3.8) is 0 Å². The molecule has 0 unspecified atom stereocenters. The minimum Gasteiger partial charge on any atom is -0.307 e. The van der Waals surface area contributed by atoms with E-state index in [0.29, 0.717) is 0 Å². The van der Waals surface area contributed by atoms with Crippen molar-refractivity contribution in [2.45, 2.75) is 0 Å². The molecule has 0 radical (unpaired) electrons. The fraction of sp³-hybridized carbons (Fsp3) is 0. The van der Waals surface area contributed by atoms with E-state index in [9.17, 15) is 0 Å². The summed E-state index contributed by atoms with van der Waals surface area (Å²) in [5, 5.41) is 4.00. The van der Waals surface area contributed by atoms with Crippen LogP contribution in [-0.4, -0.2) is 21.4 Å². The Balaban J connectivity index is 0.000000281. The highest BCUT2D eigenvalue weighted by Crippen LogP contribution is 1.93. The zero-order valence-corrected chi connectivity index (χ0v) is 5.84. The van der Waals surface area contributed by atoms with E-state index >= 15 is 0 Å². The Kier molecular flexibility index (Phi) is 2.32. The van der Waals surface area contributed by atoms with Gasteiger partial charge in [-0.2, -0.15) is 5.10 Å². The Labute approximate surface area is 63.5 Å². The molecule has 0 aliphatic rings. The maximum atomic E-state index is 8.00. The quantitative estimate of drug-likeness (QED) is 0.549. The summed E-state index contributed by atoms with van der Waals surface area (Å²) in [5.74, 6) is 0. The smallest absolute Gasteiger partial charge is 0.153 e. The summed E-state index contributed by atoms with van der Waals surface area (Å²) in [7, 11) is 0. The number of fused-ring (bicyclic) bond motifs is 1.